The van der Waals surface area contributed by atoms with Crippen LogP contribution in [0.5, 0.6) is 0 Å². The molecular formula is C20H19FN2OS. The van der Waals surface area contributed by atoms with E-state index in [0.29, 0.717) is 6.54 Å². The predicted octanol–water partition coefficient (Wildman–Crippen LogP) is 4.59. The van der Waals surface area contributed by atoms with Gasteiger partial charge in [0.25, 0.3) is 0 Å². The van der Waals surface area contributed by atoms with E-state index in [4.69, 9.17) is 0 Å². The van der Waals surface area contributed by atoms with Gasteiger partial charge in [-0.15, -0.1) is 11.8 Å². The third-order valence-corrected chi connectivity index (χ3v) is 5.51. The summed E-state index contributed by atoms with van der Waals surface area (Å²) in [6, 6.07) is 14.7. The van der Waals surface area contributed by atoms with Crippen LogP contribution < -0.4 is 5.32 Å². The molecule has 0 unspecified atom stereocenters. The Balaban J connectivity index is 1.56. The van der Waals surface area contributed by atoms with Crippen molar-refractivity contribution in [2.24, 2.45) is 5.92 Å². The van der Waals surface area contributed by atoms with Gasteiger partial charge in [0.2, 0.25) is 5.91 Å². The largest absolute Gasteiger partial charge is 0.355 e. The number of para-hydroxylation sites is 1. The van der Waals surface area contributed by atoms with Crippen molar-refractivity contribution in [3.05, 3.63) is 54.3 Å². The van der Waals surface area contributed by atoms with Crippen molar-refractivity contribution in [3.8, 4) is 11.3 Å². The monoisotopic (exact) mass is 354 g/mol. The first kappa shape index (κ1) is 16.2. The molecule has 0 saturated heterocycles. The molecule has 0 aliphatic heterocycles. The Morgan fingerprint density at radius 2 is 1.92 bits per heavy atom. The fraction of sp³-hybridized carbons (Fsp3) is 0.250. The van der Waals surface area contributed by atoms with E-state index < -0.39 is 0 Å². The molecule has 1 aliphatic carbocycles. The van der Waals surface area contributed by atoms with Gasteiger partial charge in [-0.05, 0) is 48.7 Å². The molecule has 2 N–H and O–H groups in total. The molecule has 128 valence electrons. The third-order valence-electron chi connectivity index (χ3n) is 4.39. The summed E-state index contributed by atoms with van der Waals surface area (Å²) < 4.78 is 13.2. The second-order valence-electron chi connectivity index (χ2n) is 6.30. The molecule has 1 amide bonds. The molecule has 5 heteroatoms. The molecule has 0 atom stereocenters. The van der Waals surface area contributed by atoms with Gasteiger partial charge in [0, 0.05) is 34.0 Å². The van der Waals surface area contributed by atoms with E-state index in [1.165, 1.54) is 12.1 Å². The summed E-state index contributed by atoms with van der Waals surface area (Å²) in [5, 5.41) is 4.16. The lowest BCUT2D eigenvalue weighted by Crippen LogP contribution is -2.26. The molecule has 0 radical (unpaired) electrons. The Morgan fingerprint density at radius 1 is 1.16 bits per heavy atom. The number of hydrogen-bond donors (Lipinski definition) is 2. The zero-order chi connectivity index (χ0) is 17.2. The number of aromatic nitrogens is 1. The number of aromatic amines is 1. The molecule has 3 nitrogen and oxygen atoms in total. The summed E-state index contributed by atoms with van der Waals surface area (Å²) in [6.07, 6.45) is 2.05. The summed E-state index contributed by atoms with van der Waals surface area (Å²) in [7, 11) is 0. The minimum absolute atomic E-state index is 0.179. The number of thioether (sulfide) groups is 1. The summed E-state index contributed by atoms with van der Waals surface area (Å²) in [6.45, 7) is 0.655. The van der Waals surface area contributed by atoms with E-state index in [0.717, 1.165) is 45.7 Å². The molecular weight excluding hydrogens is 335 g/mol. The van der Waals surface area contributed by atoms with Gasteiger partial charge in [-0.2, -0.15) is 0 Å². The van der Waals surface area contributed by atoms with E-state index in [9.17, 15) is 9.18 Å². The Kier molecular flexibility index (Phi) is 4.49. The number of rotatable bonds is 6. The highest BCUT2D eigenvalue weighted by atomic mass is 32.2. The lowest BCUT2D eigenvalue weighted by atomic mass is 10.1. The third kappa shape index (κ3) is 3.56. The number of carbonyl (C=O) groups is 1. The first-order valence-corrected chi connectivity index (χ1v) is 9.48. The van der Waals surface area contributed by atoms with Crippen molar-refractivity contribution in [1.29, 1.82) is 0 Å². The zero-order valence-electron chi connectivity index (χ0n) is 13.7. The summed E-state index contributed by atoms with van der Waals surface area (Å²) in [5.41, 5.74) is 3.02. The van der Waals surface area contributed by atoms with Crippen molar-refractivity contribution >= 4 is 28.6 Å². The first-order chi connectivity index (χ1) is 12.2. The van der Waals surface area contributed by atoms with E-state index >= 15 is 0 Å². The standard InChI is InChI=1S/C20H19FN2OS/c21-15-9-7-13(8-10-15)18-19(16-3-1-2-4-17(16)23-18)25-12-11-22-20(24)14-5-6-14/h1-4,7-10,14,23H,5-6,11-12H2,(H,22,24). The van der Waals surface area contributed by atoms with Crippen LogP contribution in [0.15, 0.2) is 53.4 Å². The lowest BCUT2D eigenvalue weighted by molar-refractivity contribution is -0.122. The van der Waals surface area contributed by atoms with Crippen LogP contribution in [0.25, 0.3) is 22.2 Å². The van der Waals surface area contributed by atoms with Gasteiger partial charge in [-0.25, -0.2) is 4.39 Å². The topological polar surface area (TPSA) is 44.9 Å². The van der Waals surface area contributed by atoms with Gasteiger partial charge in [0.05, 0.1) is 5.69 Å². The van der Waals surface area contributed by atoms with Crippen LogP contribution in [0.2, 0.25) is 0 Å². The van der Waals surface area contributed by atoms with Crippen LogP contribution in [-0.4, -0.2) is 23.2 Å². The van der Waals surface area contributed by atoms with Gasteiger partial charge in [0.15, 0.2) is 0 Å². The van der Waals surface area contributed by atoms with Crippen LogP contribution in [0.1, 0.15) is 12.8 Å². The van der Waals surface area contributed by atoms with Crippen molar-refractivity contribution < 1.29 is 9.18 Å². The quantitative estimate of drug-likeness (QED) is 0.502. The van der Waals surface area contributed by atoms with E-state index in [-0.39, 0.29) is 17.6 Å². The second kappa shape index (κ2) is 6.92. The van der Waals surface area contributed by atoms with Crippen molar-refractivity contribution in [2.75, 3.05) is 12.3 Å². The van der Waals surface area contributed by atoms with Crippen LogP contribution in [0, 0.1) is 11.7 Å². The number of fused-ring (bicyclic) bond motifs is 1. The van der Waals surface area contributed by atoms with Crippen molar-refractivity contribution in [3.63, 3.8) is 0 Å². The number of carbonyl (C=O) groups excluding carboxylic acids is 1. The van der Waals surface area contributed by atoms with Gasteiger partial charge in [-0.1, -0.05) is 18.2 Å². The molecule has 1 aliphatic rings. The normalized spacial score (nSPS) is 14.0. The second-order valence-corrected chi connectivity index (χ2v) is 7.40. The SMILES string of the molecule is O=C(NCCSc1c(-c2ccc(F)cc2)[nH]c2ccccc12)C1CC1. The van der Waals surface area contributed by atoms with Crippen LogP contribution in [0.3, 0.4) is 0 Å². The molecule has 4 rings (SSSR count). The highest BCUT2D eigenvalue weighted by Gasteiger charge is 2.29. The summed E-state index contributed by atoms with van der Waals surface area (Å²) >= 11 is 1.72. The molecule has 0 spiro atoms. The molecule has 25 heavy (non-hydrogen) atoms. The minimum Gasteiger partial charge on any atom is -0.355 e. The summed E-state index contributed by atoms with van der Waals surface area (Å²) in [5.74, 6) is 0.983. The highest BCUT2D eigenvalue weighted by molar-refractivity contribution is 7.99. The van der Waals surface area contributed by atoms with Crippen molar-refractivity contribution in [1.82, 2.24) is 10.3 Å². The number of halogens is 1. The predicted molar refractivity (Wildman–Crippen MR) is 100 cm³/mol. The van der Waals surface area contributed by atoms with Gasteiger partial charge < -0.3 is 10.3 Å². The Labute approximate surface area is 150 Å². The maximum Gasteiger partial charge on any atom is 0.223 e. The van der Waals surface area contributed by atoms with Crippen LogP contribution in [-0.2, 0) is 4.79 Å². The van der Waals surface area contributed by atoms with Crippen LogP contribution >= 0.6 is 11.8 Å². The minimum atomic E-state index is -0.239. The highest BCUT2D eigenvalue weighted by Crippen LogP contribution is 2.37. The van der Waals surface area contributed by atoms with Gasteiger partial charge in [-0.3, -0.25) is 4.79 Å². The zero-order valence-corrected chi connectivity index (χ0v) is 14.5. The molecule has 1 heterocycles. The van der Waals surface area contributed by atoms with Gasteiger partial charge >= 0.3 is 0 Å². The molecule has 1 aromatic heterocycles. The van der Waals surface area contributed by atoms with Crippen LogP contribution in [0.4, 0.5) is 4.39 Å². The van der Waals surface area contributed by atoms with Crippen molar-refractivity contribution in [2.45, 2.75) is 17.7 Å². The lowest BCUT2D eigenvalue weighted by Gasteiger charge is -2.07. The number of amides is 1. The molecule has 2 aromatic carbocycles. The molecule has 0 bridgehead atoms. The smallest absolute Gasteiger partial charge is 0.223 e. The number of nitrogens with one attached hydrogen (secondary N) is 2. The summed E-state index contributed by atoms with van der Waals surface area (Å²) in [4.78, 5) is 16.3. The maximum absolute atomic E-state index is 13.2. The average Bonchev–Trinajstić information content (AvgIpc) is 3.41. The Morgan fingerprint density at radius 3 is 2.68 bits per heavy atom. The fourth-order valence-corrected chi connectivity index (χ4v) is 3.96. The molecule has 3 aromatic rings. The van der Waals surface area contributed by atoms with E-state index in [2.05, 4.69) is 16.4 Å². The Bertz CT molecular complexity index is 900. The molecule has 1 saturated carbocycles. The van der Waals surface area contributed by atoms with E-state index in [1.54, 1.807) is 23.9 Å². The Hall–Kier alpha value is -2.27. The van der Waals surface area contributed by atoms with Gasteiger partial charge in [0.1, 0.15) is 5.82 Å². The number of hydrogen-bond acceptors (Lipinski definition) is 2. The van der Waals surface area contributed by atoms with E-state index in [1.807, 2.05) is 18.2 Å². The maximum atomic E-state index is 13.2. The number of H-pyrrole nitrogens is 1. The number of benzene rings is 2. The fourth-order valence-electron chi connectivity index (χ4n) is 2.90. The first-order valence-electron chi connectivity index (χ1n) is 8.49. The average molecular weight is 354 g/mol. The molecule has 1 fully saturated rings.